The average molecular weight is 354 g/mol. The van der Waals surface area contributed by atoms with E-state index in [1.807, 2.05) is 60.4 Å². The fourth-order valence-electron chi connectivity index (χ4n) is 2.27. The van der Waals surface area contributed by atoms with Crippen LogP contribution < -0.4 is 5.32 Å². The molecule has 0 aliphatic heterocycles. The lowest BCUT2D eigenvalue weighted by molar-refractivity contribution is -0.117. The van der Waals surface area contributed by atoms with Crippen LogP contribution in [-0.2, 0) is 17.9 Å². The summed E-state index contributed by atoms with van der Waals surface area (Å²) < 4.78 is 0. The number of hydrogen-bond donors (Lipinski definition) is 1. The fourth-order valence-corrected chi connectivity index (χ4v) is 2.39. The number of nitrogens with one attached hydrogen (secondary N) is 1. The minimum absolute atomic E-state index is 0.0896. The summed E-state index contributed by atoms with van der Waals surface area (Å²) in [6.45, 7) is 3.68. The number of nitrogens with zero attached hydrogens (tertiary/aromatic N) is 2. The number of hydrogen-bond acceptors (Lipinski definition) is 3. The Labute approximate surface area is 153 Å². The van der Waals surface area contributed by atoms with E-state index in [4.69, 9.17) is 11.6 Å². The van der Waals surface area contributed by atoms with E-state index in [9.17, 15) is 10.1 Å². The molecule has 0 aliphatic carbocycles. The molecule has 0 heterocycles. The monoisotopic (exact) mass is 353 g/mol. The Morgan fingerprint density at radius 1 is 1.16 bits per heavy atom. The van der Waals surface area contributed by atoms with Crippen molar-refractivity contribution in [1.82, 2.24) is 10.2 Å². The van der Waals surface area contributed by atoms with E-state index in [1.165, 1.54) is 0 Å². The molecule has 25 heavy (non-hydrogen) atoms. The molecule has 0 radical (unpaired) electrons. The zero-order valence-corrected chi connectivity index (χ0v) is 14.8. The lowest BCUT2D eigenvalue weighted by atomic mass is 10.2. The highest BCUT2D eigenvalue weighted by molar-refractivity contribution is 6.30. The molecule has 5 heteroatoms. The third kappa shape index (κ3) is 5.98. The Kier molecular flexibility index (Phi) is 7.06. The van der Waals surface area contributed by atoms with Crippen molar-refractivity contribution in [1.29, 1.82) is 5.26 Å². The van der Waals surface area contributed by atoms with Gasteiger partial charge in [0.05, 0.1) is 0 Å². The Bertz CT molecular complexity index is 764. The summed E-state index contributed by atoms with van der Waals surface area (Å²) in [4.78, 5) is 14.2. The summed E-state index contributed by atoms with van der Waals surface area (Å²) >= 11 is 5.84. The molecule has 0 aromatic heterocycles. The van der Waals surface area contributed by atoms with Crippen LogP contribution in [0.1, 0.15) is 18.1 Å². The van der Waals surface area contributed by atoms with E-state index in [-0.39, 0.29) is 11.5 Å². The van der Waals surface area contributed by atoms with Crippen molar-refractivity contribution in [3.8, 4) is 6.07 Å². The minimum Gasteiger partial charge on any atom is -0.372 e. The molecule has 2 rings (SSSR count). The van der Waals surface area contributed by atoms with Gasteiger partial charge in [-0.2, -0.15) is 5.26 Å². The summed E-state index contributed by atoms with van der Waals surface area (Å²) in [6, 6.07) is 19.1. The first-order chi connectivity index (χ1) is 12.1. The first-order valence-corrected chi connectivity index (χ1v) is 8.42. The maximum Gasteiger partial charge on any atom is 0.263 e. The molecule has 4 nitrogen and oxygen atoms in total. The molecule has 1 N–H and O–H groups in total. The molecule has 0 atom stereocenters. The van der Waals surface area contributed by atoms with Crippen molar-refractivity contribution in [2.75, 3.05) is 6.54 Å². The second-order valence-corrected chi connectivity index (χ2v) is 5.95. The second-order valence-electron chi connectivity index (χ2n) is 5.51. The van der Waals surface area contributed by atoms with Gasteiger partial charge in [-0.3, -0.25) is 4.79 Å². The quantitative estimate of drug-likeness (QED) is 0.607. The van der Waals surface area contributed by atoms with Gasteiger partial charge in [-0.05, 0) is 30.2 Å². The van der Waals surface area contributed by atoms with E-state index in [1.54, 1.807) is 18.3 Å². The highest BCUT2D eigenvalue weighted by atomic mass is 35.5. The Balaban J connectivity index is 2.00. The first-order valence-electron chi connectivity index (χ1n) is 8.05. The highest BCUT2D eigenvalue weighted by Crippen LogP contribution is 2.10. The van der Waals surface area contributed by atoms with Gasteiger partial charge in [0.25, 0.3) is 5.91 Å². The maximum atomic E-state index is 12.3. The number of amides is 1. The average Bonchev–Trinajstić information content (AvgIpc) is 2.65. The van der Waals surface area contributed by atoms with E-state index in [2.05, 4.69) is 5.32 Å². The van der Waals surface area contributed by atoms with Gasteiger partial charge < -0.3 is 10.2 Å². The molecule has 1 amide bonds. The zero-order chi connectivity index (χ0) is 18.1. The summed E-state index contributed by atoms with van der Waals surface area (Å²) in [5, 5.41) is 12.7. The van der Waals surface area contributed by atoms with E-state index < -0.39 is 0 Å². The van der Waals surface area contributed by atoms with Crippen LogP contribution in [0.4, 0.5) is 0 Å². The van der Waals surface area contributed by atoms with E-state index in [0.29, 0.717) is 24.7 Å². The van der Waals surface area contributed by atoms with E-state index in [0.717, 1.165) is 11.1 Å². The lowest BCUT2D eigenvalue weighted by Gasteiger charge is -2.19. The van der Waals surface area contributed by atoms with Gasteiger partial charge in [0.1, 0.15) is 11.6 Å². The van der Waals surface area contributed by atoms with Gasteiger partial charge >= 0.3 is 0 Å². The molecular weight excluding hydrogens is 334 g/mol. The summed E-state index contributed by atoms with van der Waals surface area (Å²) in [5.41, 5.74) is 2.14. The molecule has 2 aromatic rings. The zero-order valence-electron chi connectivity index (χ0n) is 14.1. The van der Waals surface area contributed by atoms with Crippen LogP contribution in [0.3, 0.4) is 0 Å². The predicted molar refractivity (Wildman–Crippen MR) is 99.5 cm³/mol. The Hall–Kier alpha value is -2.77. The number of carbonyl (C=O) groups is 1. The predicted octanol–water partition coefficient (Wildman–Crippen LogP) is 3.89. The number of benzene rings is 2. The van der Waals surface area contributed by atoms with Crippen LogP contribution in [0.25, 0.3) is 0 Å². The van der Waals surface area contributed by atoms with Gasteiger partial charge in [0, 0.05) is 30.9 Å². The maximum absolute atomic E-state index is 12.3. The SMILES string of the molecule is CCN(/C=C(/C#N)C(=O)NCc1ccc(Cl)cc1)Cc1ccccc1. The summed E-state index contributed by atoms with van der Waals surface area (Å²) in [5.74, 6) is -0.385. The van der Waals surface area contributed by atoms with Crippen LogP contribution in [0.2, 0.25) is 5.02 Å². The summed E-state index contributed by atoms with van der Waals surface area (Å²) in [7, 11) is 0. The number of halogens is 1. The van der Waals surface area contributed by atoms with Gasteiger partial charge in [-0.15, -0.1) is 0 Å². The van der Waals surface area contributed by atoms with Crippen LogP contribution >= 0.6 is 11.6 Å². The van der Waals surface area contributed by atoms with Crippen molar-refractivity contribution in [3.05, 3.63) is 82.5 Å². The number of carbonyl (C=O) groups excluding carboxylic acids is 1. The molecule has 0 bridgehead atoms. The molecular formula is C20H20ClN3O. The smallest absolute Gasteiger partial charge is 0.263 e. The number of rotatable bonds is 7. The minimum atomic E-state index is -0.385. The van der Waals surface area contributed by atoms with Crippen molar-refractivity contribution < 1.29 is 4.79 Å². The molecule has 0 fully saturated rings. The molecule has 0 aliphatic rings. The topological polar surface area (TPSA) is 56.1 Å². The van der Waals surface area contributed by atoms with Crippen LogP contribution in [-0.4, -0.2) is 17.4 Å². The van der Waals surface area contributed by atoms with Crippen LogP contribution in [0.15, 0.2) is 66.4 Å². The van der Waals surface area contributed by atoms with Crippen molar-refractivity contribution in [2.24, 2.45) is 0 Å². The Morgan fingerprint density at radius 2 is 1.84 bits per heavy atom. The van der Waals surface area contributed by atoms with Crippen molar-refractivity contribution in [3.63, 3.8) is 0 Å². The standard InChI is InChI=1S/C20H20ClN3O/c1-2-24(14-17-6-4-3-5-7-17)15-18(12-22)20(25)23-13-16-8-10-19(21)11-9-16/h3-11,15H,2,13-14H2,1H3,(H,23,25)/b18-15-. The third-order valence-electron chi connectivity index (χ3n) is 3.68. The fraction of sp³-hybridized carbons (Fsp3) is 0.200. The molecule has 0 spiro atoms. The largest absolute Gasteiger partial charge is 0.372 e. The molecule has 0 saturated carbocycles. The summed E-state index contributed by atoms with van der Waals surface area (Å²) in [6.07, 6.45) is 1.62. The number of nitriles is 1. The third-order valence-corrected chi connectivity index (χ3v) is 3.93. The Morgan fingerprint density at radius 3 is 2.44 bits per heavy atom. The van der Waals surface area contributed by atoms with Gasteiger partial charge in [-0.25, -0.2) is 0 Å². The first kappa shape index (κ1) is 18.6. The van der Waals surface area contributed by atoms with Crippen LogP contribution in [0, 0.1) is 11.3 Å². The van der Waals surface area contributed by atoms with Gasteiger partial charge in [0.2, 0.25) is 0 Å². The normalized spacial score (nSPS) is 10.8. The molecule has 128 valence electrons. The molecule has 2 aromatic carbocycles. The van der Waals surface area contributed by atoms with Gasteiger partial charge in [0.15, 0.2) is 0 Å². The molecule has 0 unspecified atom stereocenters. The highest BCUT2D eigenvalue weighted by Gasteiger charge is 2.11. The van der Waals surface area contributed by atoms with Gasteiger partial charge in [-0.1, -0.05) is 54.1 Å². The van der Waals surface area contributed by atoms with Crippen LogP contribution in [0.5, 0.6) is 0 Å². The van der Waals surface area contributed by atoms with Crippen molar-refractivity contribution in [2.45, 2.75) is 20.0 Å². The lowest BCUT2D eigenvalue weighted by Crippen LogP contribution is -2.26. The van der Waals surface area contributed by atoms with Crippen molar-refractivity contribution >= 4 is 17.5 Å². The second kappa shape index (κ2) is 9.51. The van der Waals surface area contributed by atoms with E-state index >= 15 is 0 Å². The molecule has 0 saturated heterocycles.